The van der Waals surface area contributed by atoms with E-state index in [-0.39, 0.29) is 29.5 Å². The number of halogens is 2. The van der Waals surface area contributed by atoms with Gasteiger partial charge in [0.2, 0.25) is 0 Å². The number of rotatable bonds is 18. The van der Waals surface area contributed by atoms with Crippen LogP contribution in [0.1, 0.15) is 91.9 Å². The van der Waals surface area contributed by atoms with Crippen molar-refractivity contribution in [3.8, 4) is 0 Å². The lowest BCUT2D eigenvalue weighted by Crippen LogP contribution is -2.66. The molecule has 0 N–H and O–H groups in total. The molecule has 0 atom stereocenters. The molecule has 0 aliphatic carbocycles. The summed E-state index contributed by atoms with van der Waals surface area (Å²) in [5.41, 5.74) is 0. The Morgan fingerprint density at radius 3 is 1.93 bits per heavy atom. The van der Waals surface area contributed by atoms with Crippen LogP contribution in [0.2, 0.25) is 5.04 Å². The molecule has 0 aliphatic rings. The van der Waals surface area contributed by atoms with Crippen LogP contribution in [0.4, 0.5) is 8.78 Å². The van der Waals surface area contributed by atoms with E-state index in [0.29, 0.717) is 19.4 Å². The van der Waals surface area contributed by atoms with E-state index in [1.165, 1.54) is 41.8 Å². The summed E-state index contributed by atoms with van der Waals surface area (Å²) in [4.78, 5) is 0. The monoisotopic (exact) mass is 564 g/mol. The molecule has 40 heavy (non-hydrogen) atoms. The molecule has 0 spiro atoms. The summed E-state index contributed by atoms with van der Waals surface area (Å²) < 4.78 is 35.3. The SMILES string of the molecule is CCCCC/C=C/C/C=C/C/C(F)=C/C/C=C(\F)CCCCO[Si](c1ccccc1)(c1ccccc1)C(C)(C)C. The Hall–Kier alpha value is -2.56. The Kier molecular flexibility index (Phi) is 15.7. The van der Waals surface area contributed by atoms with Crippen LogP contribution in [0.15, 0.2) is 109 Å². The minimum atomic E-state index is -2.55. The first-order valence-electron chi connectivity index (χ1n) is 15.0. The maximum atomic E-state index is 14.4. The second-order valence-electron chi connectivity index (χ2n) is 11.4. The van der Waals surface area contributed by atoms with Gasteiger partial charge in [-0.3, -0.25) is 0 Å². The fourth-order valence-electron chi connectivity index (χ4n) is 4.98. The minimum absolute atomic E-state index is 0.0720. The van der Waals surface area contributed by atoms with Crippen molar-refractivity contribution in [2.45, 2.75) is 96.9 Å². The Balaban J connectivity index is 1.82. The van der Waals surface area contributed by atoms with E-state index < -0.39 is 8.32 Å². The molecule has 0 saturated heterocycles. The molecular formula is C36H50F2OSi. The van der Waals surface area contributed by atoms with Gasteiger partial charge in [-0.05, 0) is 72.5 Å². The lowest BCUT2D eigenvalue weighted by atomic mass is 10.2. The molecule has 2 rings (SSSR count). The van der Waals surface area contributed by atoms with Crippen molar-refractivity contribution < 1.29 is 13.2 Å². The molecule has 2 aromatic rings. The Morgan fingerprint density at radius 2 is 1.32 bits per heavy atom. The summed E-state index contributed by atoms with van der Waals surface area (Å²) in [7, 11) is -2.55. The zero-order valence-corrected chi connectivity index (χ0v) is 26.2. The molecular weight excluding hydrogens is 514 g/mol. The average Bonchev–Trinajstić information content (AvgIpc) is 2.94. The van der Waals surface area contributed by atoms with Crippen molar-refractivity contribution >= 4 is 18.7 Å². The lowest BCUT2D eigenvalue weighted by molar-refractivity contribution is 0.287. The molecule has 0 radical (unpaired) electrons. The molecule has 0 heterocycles. The molecule has 0 aliphatic heterocycles. The number of hydrogen-bond donors (Lipinski definition) is 0. The van der Waals surface area contributed by atoms with Crippen molar-refractivity contribution in [3.63, 3.8) is 0 Å². The van der Waals surface area contributed by atoms with Crippen LogP contribution >= 0.6 is 0 Å². The van der Waals surface area contributed by atoms with Gasteiger partial charge in [-0.1, -0.05) is 126 Å². The number of benzene rings is 2. The zero-order chi connectivity index (χ0) is 29.1. The summed E-state index contributed by atoms with van der Waals surface area (Å²) in [6.45, 7) is 9.56. The fourth-order valence-corrected chi connectivity index (χ4v) is 9.59. The van der Waals surface area contributed by atoms with Gasteiger partial charge in [0.25, 0.3) is 8.32 Å². The third-order valence-electron chi connectivity index (χ3n) is 7.12. The van der Waals surface area contributed by atoms with E-state index in [4.69, 9.17) is 4.43 Å². The summed E-state index contributed by atoms with van der Waals surface area (Å²) in [6, 6.07) is 21.1. The summed E-state index contributed by atoms with van der Waals surface area (Å²) in [5.74, 6) is -0.399. The first kappa shape index (κ1) is 33.6. The molecule has 0 bridgehead atoms. The highest BCUT2D eigenvalue weighted by atomic mass is 28.4. The van der Waals surface area contributed by atoms with Gasteiger partial charge in [0, 0.05) is 13.0 Å². The van der Waals surface area contributed by atoms with Gasteiger partial charge >= 0.3 is 0 Å². The number of allylic oxidation sites excluding steroid dienone is 8. The van der Waals surface area contributed by atoms with Crippen molar-refractivity contribution in [2.24, 2.45) is 0 Å². The smallest absolute Gasteiger partial charge is 0.261 e. The molecule has 0 fully saturated rings. The molecule has 218 valence electrons. The molecule has 0 amide bonds. The van der Waals surface area contributed by atoms with Crippen LogP contribution in [0.25, 0.3) is 0 Å². The normalized spacial score (nSPS) is 13.6. The Morgan fingerprint density at radius 1 is 0.725 bits per heavy atom. The minimum Gasteiger partial charge on any atom is -0.407 e. The van der Waals surface area contributed by atoms with E-state index in [2.05, 4.69) is 88.4 Å². The number of unbranched alkanes of at least 4 members (excludes halogenated alkanes) is 4. The average molecular weight is 565 g/mol. The molecule has 4 heteroatoms. The van der Waals surface area contributed by atoms with Crippen LogP contribution in [0.3, 0.4) is 0 Å². The Bertz CT molecular complexity index is 1030. The maximum absolute atomic E-state index is 14.4. The van der Waals surface area contributed by atoms with Crippen LogP contribution < -0.4 is 10.4 Å². The topological polar surface area (TPSA) is 9.23 Å². The second-order valence-corrected chi connectivity index (χ2v) is 15.7. The van der Waals surface area contributed by atoms with E-state index >= 15 is 0 Å². The third-order valence-corrected chi connectivity index (χ3v) is 12.2. The van der Waals surface area contributed by atoms with E-state index in [1.807, 2.05) is 24.3 Å². The summed E-state index contributed by atoms with van der Waals surface area (Å²) >= 11 is 0. The van der Waals surface area contributed by atoms with Crippen molar-refractivity contribution in [2.75, 3.05) is 6.61 Å². The second kappa shape index (κ2) is 18.7. The first-order chi connectivity index (χ1) is 19.3. The largest absolute Gasteiger partial charge is 0.407 e. The summed E-state index contributed by atoms with van der Waals surface area (Å²) in [6.07, 6.45) is 19.1. The quantitative estimate of drug-likeness (QED) is 0.0994. The highest BCUT2D eigenvalue weighted by molar-refractivity contribution is 6.99. The molecule has 0 aromatic heterocycles. The van der Waals surface area contributed by atoms with Gasteiger partial charge in [0.1, 0.15) is 5.83 Å². The van der Waals surface area contributed by atoms with Gasteiger partial charge < -0.3 is 4.43 Å². The summed E-state index contributed by atoms with van der Waals surface area (Å²) in [5, 5.41) is 2.43. The van der Waals surface area contributed by atoms with Crippen LogP contribution in [-0.4, -0.2) is 14.9 Å². The van der Waals surface area contributed by atoms with Gasteiger partial charge in [0.15, 0.2) is 0 Å². The molecule has 0 unspecified atom stereocenters. The number of hydrogen-bond acceptors (Lipinski definition) is 1. The predicted molar refractivity (Wildman–Crippen MR) is 172 cm³/mol. The maximum Gasteiger partial charge on any atom is 0.261 e. The molecule has 1 nitrogen and oxygen atoms in total. The lowest BCUT2D eigenvalue weighted by Gasteiger charge is -2.43. The fraction of sp³-hybridized carbons (Fsp3) is 0.444. The van der Waals surface area contributed by atoms with E-state index in [0.717, 1.165) is 19.3 Å². The van der Waals surface area contributed by atoms with Gasteiger partial charge in [-0.2, -0.15) is 0 Å². The molecule has 0 saturated carbocycles. The molecule has 2 aromatic carbocycles. The standard InChI is InChI=1S/C36H50F2OSi/c1-5-6-7-8-9-10-11-12-15-23-32(37)25-22-26-33(38)24-20-21-31-39-40(36(2,3)4,34-27-16-13-17-28-34)35-29-18-14-19-30-35/h9-10,12-19,25-30H,5-8,11,20-24,31H2,1-4H3/b10-9+,15-12+,32-25-,33-26-. The predicted octanol–water partition coefficient (Wildman–Crippen LogP) is 10.3. The van der Waals surface area contributed by atoms with E-state index in [1.54, 1.807) is 0 Å². The van der Waals surface area contributed by atoms with Gasteiger partial charge in [0.05, 0.1) is 5.83 Å². The highest BCUT2D eigenvalue weighted by Gasteiger charge is 2.49. The van der Waals surface area contributed by atoms with Crippen molar-refractivity contribution in [1.29, 1.82) is 0 Å². The zero-order valence-electron chi connectivity index (χ0n) is 25.2. The van der Waals surface area contributed by atoms with Gasteiger partial charge in [-0.15, -0.1) is 0 Å². The van der Waals surface area contributed by atoms with Crippen LogP contribution in [0, 0.1) is 0 Å². The Labute approximate surface area is 243 Å². The first-order valence-corrected chi connectivity index (χ1v) is 17.0. The van der Waals surface area contributed by atoms with Crippen molar-refractivity contribution in [3.05, 3.63) is 109 Å². The van der Waals surface area contributed by atoms with E-state index in [9.17, 15) is 8.78 Å². The third kappa shape index (κ3) is 11.5. The highest BCUT2D eigenvalue weighted by Crippen LogP contribution is 2.36. The van der Waals surface area contributed by atoms with Gasteiger partial charge in [-0.25, -0.2) is 8.78 Å². The van der Waals surface area contributed by atoms with Crippen LogP contribution in [0.5, 0.6) is 0 Å². The van der Waals surface area contributed by atoms with Crippen molar-refractivity contribution in [1.82, 2.24) is 0 Å². The van der Waals surface area contributed by atoms with Crippen LogP contribution in [-0.2, 0) is 4.43 Å².